The highest BCUT2D eigenvalue weighted by Gasteiger charge is 2.31. The second-order valence-corrected chi connectivity index (χ2v) is 13.5. The van der Waals surface area contributed by atoms with Crippen molar-refractivity contribution in [2.45, 2.75) is 84.6 Å². The first-order chi connectivity index (χ1) is 22.1. The number of aromatic carboxylic acids is 1. The molecule has 3 N–H and O–H groups in total. The summed E-state index contributed by atoms with van der Waals surface area (Å²) in [6.45, 7) is 12.2. The zero-order chi connectivity index (χ0) is 34.3. The highest BCUT2D eigenvalue weighted by Crippen LogP contribution is 2.36. The van der Waals surface area contributed by atoms with Gasteiger partial charge in [0.1, 0.15) is 22.6 Å². The van der Waals surface area contributed by atoms with E-state index in [0.29, 0.717) is 24.9 Å². The van der Waals surface area contributed by atoms with Crippen LogP contribution >= 0.6 is 11.8 Å². The third-order valence-electron chi connectivity index (χ3n) is 7.90. The van der Waals surface area contributed by atoms with Crippen molar-refractivity contribution in [1.82, 2.24) is 24.8 Å². The van der Waals surface area contributed by atoms with Crippen LogP contribution in [-0.4, -0.2) is 48.8 Å². The quantitative estimate of drug-likeness (QED) is 0.170. The van der Waals surface area contributed by atoms with E-state index in [9.17, 15) is 23.9 Å². The smallest absolute Gasteiger partial charge is 0.354 e. The Hall–Kier alpha value is -4.55. The summed E-state index contributed by atoms with van der Waals surface area (Å²) >= 11 is 5.46. The zero-order valence-corrected chi connectivity index (χ0v) is 27.8. The van der Waals surface area contributed by atoms with Gasteiger partial charge in [-0.3, -0.25) is 4.79 Å². The maximum absolute atomic E-state index is 14.0. The lowest BCUT2D eigenvalue weighted by Crippen LogP contribution is -2.29. The third-order valence-corrected chi connectivity index (χ3v) is 8.03. The standard InChI is InChI=1S/C23H23FN4O5.C11H14ClNO/c1-11-12-7-8-16(14(12)6-5-13(11)22(32)33-23(2,3)4)27-20(29)18-9-17(21(30)31)26-19-15(24)10-25-28(18)19;1-11(2)6-9-5-8(7-13-12)3-4-10(9)14-11/h5-6,9-10,16H,7-8H2,1-4H3,(H,27,29)(H,30,31);3-5,13H,6-7H2,1-2H3/t16-;/m0./s1. The van der Waals surface area contributed by atoms with Gasteiger partial charge in [-0.15, -0.1) is 0 Å². The number of carboxylic acids is 1. The van der Waals surface area contributed by atoms with Gasteiger partial charge in [0.25, 0.3) is 5.91 Å². The van der Waals surface area contributed by atoms with Gasteiger partial charge in [0.15, 0.2) is 17.2 Å². The summed E-state index contributed by atoms with van der Waals surface area (Å²) in [5.74, 6) is -2.23. The lowest BCUT2D eigenvalue weighted by atomic mass is 9.97. The molecule has 47 heavy (non-hydrogen) atoms. The number of benzene rings is 2. The number of halogens is 2. The van der Waals surface area contributed by atoms with Crippen LogP contribution in [0.1, 0.15) is 106 Å². The third kappa shape index (κ3) is 7.39. The molecule has 2 aliphatic rings. The van der Waals surface area contributed by atoms with Gasteiger partial charge < -0.3 is 19.9 Å². The number of amides is 1. The number of nitrogens with zero attached hydrogens (tertiary/aromatic N) is 3. The van der Waals surface area contributed by atoms with Crippen LogP contribution in [0.3, 0.4) is 0 Å². The van der Waals surface area contributed by atoms with E-state index < -0.39 is 35.0 Å². The molecule has 0 spiro atoms. The minimum absolute atomic E-state index is 0.0602. The second kappa shape index (κ2) is 12.9. The van der Waals surface area contributed by atoms with E-state index in [2.05, 4.69) is 40.1 Å². The highest BCUT2D eigenvalue weighted by molar-refractivity contribution is 6.13. The maximum Gasteiger partial charge on any atom is 0.354 e. The fourth-order valence-corrected chi connectivity index (χ4v) is 6.03. The van der Waals surface area contributed by atoms with E-state index in [1.54, 1.807) is 32.9 Å². The molecule has 0 bridgehead atoms. The molecule has 0 saturated heterocycles. The molecule has 1 aliphatic heterocycles. The molecule has 1 amide bonds. The molecule has 2 aromatic carbocycles. The predicted octanol–water partition coefficient (Wildman–Crippen LogP) is 5.89. The molecule has 248 valence electrons. The van der Waals surface area contributed by atoms with Crippen molar-refractivity contribution >= 4 is 35.3 Å². The largest absolute Gasteiger partial charge is 0.487 e. The number of aromatic nitrogens is 3. The van der Waals surface area contributed by atoms with Gasteiger partial charge >= 0.3 is 11.9 Å². The molecule has 1 aliphatic carbocycles. The fraction of sp³-hybridized carbons (Fsp3) is 0.382. The number of rotatable bonds is 6. The minimum atomic E-state index is -1.39. The average Bonchev–Trinajstić information content (AvgIpc) is 3.66. The number of hydrogen-bond donors (Lipinski definition) is 3. The molecule has 6 rings (SSSR count). The van der Waals surface area contributed by atoms with Gasteiger partial charge in [-0.05, 0) is 106 Å². The van der Waals surface area contributed by atoms with E-state index in [4.69, 9.17) is 21.3 Å². The number of carbonyl (C=O) groups excluding carboxylic acids is 2. The summed E-state index contributed by atoms with van der Waals surface area (Å²) in [6.07, 6.45) is 3.08. The summed E-state index contributed by atoms with van der Waals surface area (Å²) in [4.78, 5) is 43.3. The molecule has 0 fully saturated rings. The maximum atomic E-state index is 14.0. The van der Waals surface area contributed by atoms with E-state index in [0.717, 1.165) is 45.6 Å². The lowest BCUT2D eigenvalue weighted by Gasteiger charge is -2.21. The molecule has 0 radical (unpaired) electrons. The summed E-state index contributed by atoms with van der Waals surface area (Å²) in [5.41, 5.74) is 3.95. The van der Waals surface area contributed by atoms with E-state index in [1.165, 1.54) is 11.1 Å². The van der Waals surface area contributed by atoms with Crippen LogP contribution in [0, 0.1) is 12.7 Å². The minimum Gasteiger partial charge on any atom is -0.487 e. The van der Waals surface area contributed by atoms with Crippen LogP contribution in [0.2, 0.25) is 0 Å². The number of esters is 1. The molecule has 1 atom stereocenters. The van der Waals surface area contributed by atoms with Crippen LogP contribution in [0.25, 0.3) is 5.65 Å². The van der Waals surface area contributed by atoms with E-state index in [1.807, 2.05) is 19.1 Å². The number of nitrogens with one attached hydrogen (secondary N) is 2. The topological polar surface area (TPSA) is 144 Å². The Balaban J connectivity index is 0.000000257. The van der Waals surface area contributed by atoms with Gasteiger partial charge in [0.2, 0.25) is 0 Å². The van der Waals surface area contributed by atoms with Gasteiger partial charge in [-0.2, -0.15) is 5.10 Å². The molecule has 0 unspecified atom stereocenters. The van der Waals surface area contributed by atoms with E-state index in [-0.39, 0.29) is 23.0 Å². The van der Waals surface area contributed by atoms with Crippen molar-refractivity contribution < 1.29 is 33.4 Å². The number of hydrogen-bond acceptors (Lipinski definition) is 8. The summed E-state index contributed by atoms with van der Waals surface area (Å²) < 4.78 is 26.2. The van der Waals surface area contributed by atoms with Crippen molar-refractivity contribution in [3.8, 4) is 5.75 Å². The van der Waals surface area contributed by atoms with Crippen LogP contribution in [0.15, 0.2) is 42.6 Å². The van der Waals surface area contributed by atoms with Crippen molar-refractivity contribution in [1.29, 1.82) is 0 Å². The Morgan fingerprint density at radius 1 is 1.19 bits per heavy atom. The monoisotopic (exact) mass is 665 g/mol. The summed E-state index contributed by atoms with van der Waals surface area (Å²) in [5, 5.41) is 16.0. The summed E-state index contributed by atoms with van der Waals surface area (Å²) in [7, 11) is 0. The molecule has 2 aromatic heterocycles. The average molecular weight is 666 g/mol. The number of ether oxygens (including phenoxy) is 2. The Kier molecular flexibility index (Phi) is 9.29. The van der Waals surface area contributed by atoms with Gasteiger partial charge in [-0.25, -0.2) is 28.3 Å². The van der Waals surface area contributed by atoms with Gasteiger partial charge in [-0.1, -0.05) is 18.2 Å². The SMILES string of the molecule is CC1(C)Cc2cc(CNCl)ccc2O1.Cc1c(C(=O)OC(C)(C)C)ccc2c1CC[C@@H]2NC(=O)c1cc(C(=O)O)nc2c(F)cnn12. The van der Waals surface area contributed by atoms with Crippen LogP contribution < -0.4 is 14.9 Å². The lowest BCUT2D eigenvalue weighted by molar-refractivity contribution is 0.00682. The van der Waals surface area contributed by atoms with Crippen molar-refractivity contribution in [3.63, 3.8) is 0 Å². The fourth-order valence-electron chi connectivity index (χ4n) is 5.87. The van der Waals surface area contributed by atoms with E-state index >= 15 is 0 Å². The first-order valence-electron chi connectivity index (χ1n) is 15.2. The number of carboxylic acid groups (broad SMARTS) is 1. The van der Waals surface area contributed by atoms with Crippen molar-refractivity contribution in [2.75, 3.05) is 0 Å². The zero-order valence-electron chi connectivity index (χ0n) is 27.0. The van der Waals surface area contributed by atoms with Gasteiger partial charge in [0.05, 0.1) is 17.8 Å². The molecule has 11 nitrogen and oxygen atoms in total. The molecular weight excluding hydrogens is 629 g/mol. The molecule has 4 aromatic rings. The second-order valence-electron chi connectivity index (χ2n) is 13.2. The van der Waals surface area contributed by atoms with Crippen LogP contribution in [0.5, 0.6) is 5.75 Å². The molecule has 3 heterocycles. The predicted molar refractivity (Wildman–Crippen MR) is 172 cm³/mol. The number of carbonyl (C=O) groups is 3. The molecule has 0 saturated carbocycles. The molecular formula is C34H37ClFN5O6. The normalized spacial score (nSPS) is 16.0. The van der Waals surface area contributed by atoms with Crippen LogP contribution in [0.4, 0.5) is 4.39 Å². The first-order valence-corrected chi connectivity index (χ1v) is 15.5. The summed E-state index contributed by atoms with van der Waals surface area (Å²) in [6, 6.07) is 10.4. The Morgan fingerprint density at radius 3 is 2.62 bits per heavy atom. The highest BCUT2D eigenvalue weighted by atomic mass is 35.5. The van der Waals surface area contributed by atoms with Crippen LogP contribution in [-0.2, 0) is 24.1 Å². The van der Waals surface area contributed by atoms with Crippen molar-refractivity contribution in [2.24, 2.45) is 0 Å². The van der Waals surface area contributed by atoms with Gasteiger partial charge in [0, 0.05) is 19.0 Å². The molecule has 13 heteroatoms. The van der Waals surface area contributed by atoms with Crippen molar-refractivity contribution in [3.05, 3.63) is 93.2 Å². The Morgan fingerprint density at radius 2 is 1.94 bits per heavy atom. The first kappa shape index (κ1) is 33.8. The Labute approximate surface area is 276 Å². The number of fused-ring (bicyclic) bond motifs is 3. The Bertz CT molecular complexity index is 1880.